The van der Waals surface area contributed by atoms with Crippen LogP contribution in [-0.4, -0.2) is 52.2 Å². The van der Waals surface area contributed by atoms with Gasteiger partial charge in [-0.1, -0.05) is 11.6 Å². The Bertz CT molecular complexity index is 417. The monoisotopic (exact) mass is 351 g/mol. The molecule has 0 unspecified atom stereocenters. The largest absolute Gasteiger partial charge is 0.338 e. The van der Waals surface area contributed by atoms with E-state index in [1.807, 2.05) is 0 Å². The average molecular weight is 352 g/mol. The van der Waals surface area contributed by atoms with Crippen LogP contribution in [0, 0.1) is 0 Å². The van der Waals surface area contributed by atoms with E-state index in [4.69, 9.17) is 10.3 Å². The van der Waals surface area contributed by atoms with Crippen molar-refractivity contribution in [2.75, 3.05) is 26.2 Å². The van der Waals surface area contributed by atoms with Crippen molar-refractivity contribution in [1.29, 1.82) is 0 Å². The molecule has 3 rings (SSSR count). The molecule has 1 aromatic heterocycles. The molecule has 128 valence electrons. The number of piperidine rings is 2. The molecule has 8 heteroatoms. The van der Waals surface area contributed by atoms with Gasteiger partial charge < -0.3 is 15.2 Å². The fraction of sp³-hybridized carbons (Fsp3) is 0.857. The second-order valence-electron chi connectivity index (χ2n) is 5.91. The van der Waals surface area contributed by atoms with Gasteiger partial charge in [0.05, 0.1) is 13.1 Å². The number of rotatable bonds is 4. The molecule has 2 saturated heterocycles. The second kappa shape index (κ2) is 9.67. The molecule has 0 bridgehead atoms. The van der Waals surface area contributed by atoms with E-state index in [1.165, 1.54) is 45.2 Å². The Labute approximate surface area is 144 Å². The van der Waals surface area contributed by atoms with Crippen molar-refractivity contribution in [3.8, 4) is 0 Å². The zero-order valence-electron chi connectivity index (χ0n) is 12.9. The van der Waals surface area contributed by atoms with Crippen LogP contribution in [0.15, 0.2) is 4.52 Å². The van der Waals surface area contributed by atoms with Crippen molar-refractivity contribution in [2.45, 2.75) is 51.2 Å². The minimum Gasteiger partial charge on any atom is -0.338 e. The van der Waals surface area contributed by atoms with Crippen LogP contribution in [-0.2, 0) is 13.1 Å². The number of hydrogen-bond acceptors (Lipinski definition) is 6. The lowest BCUT2D eigenvalue weighted by Crippen LogP contribution is -2.46. The molecule has 0 atom stereocenters. The summed E-state index contributed by atoms with van der Waals surface area (Å²) in [7, 11) is 0. The predicted molar refractivity (Wildman–Crippen MR) is 90.4 cm³/mol. The summed E-state index contributed by atoms with van der Waals surface area (Å²) in [4.78, 5) is 9.40. The third-order valence-electron chi connectivity index (χ3n) is 4.51. The van der Waals surface area contributed by atoms with Gasteiger partial charge in [-0.25, -0.2) is 0 Å². The van der Waals surface area contributed by atoms with Crippen LogP contribution in [0.3, 0.4) is 0 Å². The first-order valence-electron chi connectivity index (χ1n) is 7.83. The first-order chi connectivity index (χ1) is 9.85. The zero-order chi connectivity index (χ0) is 13.8. The van der Waals surface area contributed by atoms with E-state index < -0.39 is 0 Å². The summed E-state index contributed by atoms with van der Waals surface area (Å²) in [5.41, 5.74) is 5.48. The van der Waals surface area contributed by atoms with E-state index in [0.717, 1.165) is 31.5 Å². The van der Waals surface area contributed by atoms with Crippen molar-refractivity contribution in [2.24, 2.45) is 5.73 Å². The highest BCUT2D eigenvalue weighted by Gasteiger charge is 2.26. The molecule has 0 aromatic carbocycles. The van der Waals surface area contributed by atoms with Crippen LogP contribution in [0.1, 0.15) is 43.8 Å². The fourth-order valence-corrected chi connectivity index (χ4v) is 3.36. The Kier molecular flexibility index (Phi) is 8.64. The molecule has 1 aromatic rings. The van der Waals surface area contributed by atoms with Crippen LogP contribution in [0.25, 0.3) is 0 Å². The Hall–Kier alpha value is -0.400. The van der Waals surface area contributed by atoms with Crippen LogP contribution >= 0.6 is 24.8 Å². The smallest absolute Gasteiger partial charge is 0.240 e. The Morgan fingerprint density at radius 2 is 1.73 bits per heavy atom. The Balaban J connectivity index is 0.00000121. The molecule has 0 amide bonds. The van der Waals surface area contributed by atoms with Gasteiger partial charge in [0.1, 0.15) is 0 Å². The summed E-state index contributed by atoms with van der Waals surface area (Å²) in [6, 6.07) is 0.788. The minimum atomic E-state index is 0. The second-order valence-corrected chi connectivity index (χ2v) is 5.91. The van der Waals surface area contributed by atoms with E-state index in [1.54, 1.807) is 0 Å². The van der Waals surface area contributed by atoms with Gasteiger partial charge in [0.2, 0.25) is 5.89 Å². The number of likely N-dealkylation sites (tertiary alicyclic amines) is 2. The van der Waals surface area contributed by atoms with Crippen molar-refractivity contribution in [3.05, 3.63) is 11.7 Å². The van der Waals surface area contributed by atoms with Gasteiger partial charge in [0.25, 0.3) is 0 Å². The van der Waals surface area contributed by atoms with E-state index >= 15 is 0 Å². The van der Waals surface area contributed by atoms with Gasteiger partial charge in [-0.2, -0.15) is 4.98 Å². The number of nitrogens with two attached hydrogens (primary N) is 1. The molecule has 2 N–H and O–H groups in total. The van der Waals surface area contributed by atoms with E-state index in [9.17, 15) is 0 Å². The molecule has 0 radical (unpaired) electrons. The summed E-state index contributed by atoms with van der Waals surface area (Å²) < 4.78 is 5.05. The van der Waals surface area contributed by atoms with Gasteiger partial charge in [0, 0.05) is 19.1 Å². The fourth-order valence-electron chi connectivity index (χ4n) is 3.36. The standard InChI is InChI=1S/C14H25N5O.2ClH/c15-10-14-16-13(17-20-14)11-18-8-4-12(5-9-18)19-6-2-1-3-7-19;;/h12H,1-11,15H2;2*1H. The van der Waals surface area contributed by atoms with Gasteiger partial charge in [-0.15, -0.1) is 24.8 Å². The third-order valence-corrected chi connectivity index (χ3v) is 4.51. The molecule has 2 aliphatic rings. The van der Waals surface area contributed by atoms with Crippen LogP contribution in [0.2, 0.25) is 0 Å². The molecule has 0 saturated carbocycles. The first kappa shape index (κ1) is 19.6. The highest BCUT2D eigenvalue weighted by molar-refractivity contribution is 5.85. The maximum atomic E-state index is 5.48. The first-order valence-corrected chi connectivity index (χ1v) is 7.83. The molecule has 2 aliphatic heterocycles. The molecule has 0 aliphatic carbocycles. The van der Waals surface area contributed by atoms with Gasteiger partial charge in [0.15, 0.2) is 5.82 Å². The topological polar surface area (TPSA) is 71.4 Å². The molecular formula is C14H27Cl2N5O. The molecule has 2 fully saturated rings. The Morgan fingerprint density at radius 1 is 1.05 bits per heavy atom. The normalized spacial score (nSPS) is 21.1. The van der Waals surface area contributed by atoms with Crippen molar-refractivity contribution in [1.82, 2.24) is 19.9 Å². The summed E-state index contributed by atoms with van der Waals surface area (Å²) in [5.74, 6) is 1.30. The summed E-state index contributed by atoms with van der Waals surface area (Å²) >= 11 is 0. The van der Waals surface area contributed by atoms with Gasteiger partial charge >= 0.3 is 0 Å². The SMILES string of the molecule is Cl.Cl.NCc1nc(CN2CCC(N3CCCCC3)CC2)no1. The van der Waals surface area contributed by atoms with Crippen LogP contribution in [0.4, 0.5) is 0 Å². The number of nitrogens with zero attached hydrogens (tertiary/aromatic N) is 4. The minimum absolute atomic E-state index is 0. The molecule has 3 heterocycles. The van der Waals surface area contributed by atoms with E-state index in [2.05, 4.69) is 19.9 Å². The summed E-state index contributed by atoms with van der Waals surface area (Å²) in [6.45, 7) is 5.98. The van der Waals surface area contributed by atoms with E-state index in [0.29, 0.717) is 12.4 Å². The quantitative estimate of drug-likeness (QED) is 0.891. The lowest BCUT2D eigenvalue weighted by Gasteiger charge is -2.39. The lowest BCUT2D eigenvalue weighted by atomic mass is 10.00. The van der Waals surface area contributed by atoms with E-state index in [-0.39, 0.29) is 24.8 Å². The molecule has 22 heavy (non-hydrogen) atoms. The van der Waals surface area contributed by atoms with Crippen LogP contribution < -0.4 is 5.73 Å². The maximum Gasteiger partial charge on any atom is 0.240 e. The predicted octanol–water partition coefficient (Wildman–Crippen LogP) is 1.82. The highest BCUT2D eigenvalue weighted by Crippen LogP contribution is 2.21. The highest BCUT2D eigenvalue weighted by atomic mass is 35.5. The molecular weight excluding hydrogens is 325 g/mol. The summed E-state index contributed by atoms with van der Waals surface area (Å²) in [6.07, 6.45) is 6.70. The maximum absolute atomic E-state index is 5.48. The average Bonchev–Trinajstić information content (AvgIpc) is 2.97. The summed E-state index contributed by atoms with van der Waals surface area (Å²) in [5, 5.41) is 3.97. The number of halogens is 2. The third kappa shape index (κ3) is 5.06. The van der Waals surface area contributed by atoms with Crippen molar-refractivity contribution in [3.63, 3.8) is 0 Å². The lowest BCUT2D eigenvalue weighted by molar-refractivity contribution is 0.0882. The number of aromatic nitrogens is 2. The van der Waals surface area contributed by atoms with Crippen molar-refractivity contribution < 1.29 is 4.52 Å². The van der Waals surface area contributed by atoms with Gasteiger partial charge in [-0.3, -0.25) is 4.90 Å². The van der Waals surface area contributed by atoms with Gasteiger partial charge in [-0.05, 0) is 38.8 Å². The van der Waals surface area contributed by atoms with Crippen LogP contribution in [0.5, 0.6) is 0 Å². The van der Waals surface area contributed by atoms with Crippen molar-refractivity contribution >= 4 is 24.8 Å². The Morgan fingerprint density at radius 3 is 2.32 bits per heavy atom. The number of hydrogen-bond donors (Lipinski definition) is 1. The molecule has 6 nitrogen and oxygen atoms in total. The zero-order valence-corrected chi connectivity index (χ0v) is 14.6. The molecule has 0 spiro atoms.